The molecule has 2 nitrogen and oxygen atoms in total. The largest absolute Gasteiger partial charge is 0.376 e. The lowest BCUT2D eigenvalue weighted by Crippen LogP contribution is -2.37. The molecule has 2 unspecified atom stereocenters. The van der Waals surface area contributed by atoms with Gasteiger partial charge in [-0.2, -0.15) is 0 Å². The molecule has 0 N–H and O–H groups in total. The summed E-state index contributed by atoms with van der Waals surface area (Å²) in [5.74, 6) is -0.579. The molecule has 2 aliphatic heterocycles. The van der Waals surface area contributed by atoms with E-state index in [0.717, 1.165) is 18.4 Å². The first-order chi connectivity index (χ1) is 10.0. The van der Waals surface area contributed by atoms with Crippen LogP contribution in [-0.2, 0) is 9.47 Å². The molecular formula is C18H34F2O2. The van der Waals surface area contributed by atoms with Gasteiger partial charge in [0, 0.05) is 13.0 Å². The second-order valence-corrected chi connectivity index (χ2v) is 8.18. The lowest BCUT2D eigenvalue weighted by Gasteiger charge is -2.37. The van der Waals surface area contributed by atoms with Crippen molar-refractivity contribution >= 4 is 0 Å². The van der Waals surface area contributed by atoms with E-state index in [-0.39, 0.29) is 17.9 Å². The van der Waals surface area contributed by atoms with Crippen molar-refractivity contribution in [3.05, 3.63) is 0 Å². The van der Waals surface area contributed by atoms with Crippen molar-refractivity contribution in [3.63, 3.8) is 0 Å². The Morgan fingerprint density at radius 1 is 0.955 bits per heavy atom. The van der Waals surface area contributed by atoms with Crippen LogP contribution in [0.4, 0.5) is 8.78 Å². The summed E-state index contributed by atoms with van der Waals surface area (Å²) in [6, 6.07) is 0. The summed E-state index contributed by atoms with van der Waals surface area (Å²) in [6.45, 7) is 14.0. The van der Waals surface area contributed by atoms with Gasteiger partial charge in [-0.1, -0.05) is 27.7 Å². The van der Waals surface area contributed by atoms with Crippen LogP contribution in [0.5, 0.6) is 0 Å². The Morgan fingerprint density at radius 2 is 1.55 bits per heavy atom. The normalized spacial score (nSPS) is 30.8. The Labute approximate surface area is 134 Å². The highest BCUT2D eigenvalue weighted by Gasteiger charge is 2.38. The summed E-state index contributed by atoms with van der Waals surface area (Å²) in [7, 11) is 0. The first kappa shape index (κ1) is 19.8. The topological polar surface area (TPSA) is 18.5 Å². The number of hydrogen-bond donors (Lipinski definition) is 0. The molecule has 0 spiro atoms. The summed E-state index contributed by atoms with van der Waals surface area (Å²) >= 11 is 0. The smallest absolute Gasteiger partial charge is 0.271 e. The van der Waals surface area contributed by atoms with E-state index in [9.17, 15) is 8.78 Å². The molecule has 2 fully saturated rings. The highest BCUT2D eigenvalue weighted by Crippen LogP contribution is 2.33. The van der Waals surface area contributed by atoms with Crippen LogP contribution < -0.4 is 0 Å². The van der Waals surface area contributed by atoms with Crippen LogP contribution in [0.25, 0.3) is 0 Å². The van der Waals surface area contributed by atoms with Gasteiger partial charge in [0.2, 0.25) is 0 Å². The zero-order chi connectivity index (χ0) is 17.0. The molecule has 2 rings (SSSR count). The Balaban J connectivity index is 0.000000220. The molecule has 2 heterocycles. The van der Waals surface area contributed by atoms with Gasteiger partial charge < -0.3 is 9.47 Å². The molecule has 0 saturated carbocycles. The van der Waals surface area contributed by atoms with Crippen LogP contribution in [0.15, 0.2) is 0 Å². The van der Waals surface area contributed by atoms with E-state index in [2.05, 4.69) is 27.7 Å². The van der Waals surface area contributed by atoms with E-state index >= 15 is 0 Å². The monoisotopic (exact) mass is 320 g/mol. The molecule has 0 radical (unpaired) electrons. The van der Waals surface area contributed by atoms with Crippen LogP contribution in [0.2, 0.25) is 0 Å². The number of alkyl halides is 2. The number of rotatable bonds is 2. The second kappa shape index (κ2) is 8.05. The molecule has 0 aromatic rings. The lowest BCUT2D eigenvalue weighted by molar-refractivity contribution is -0.142. The van der Waals surface area contributed by atoms with Gasteiger partial charge in [-0.3, -0.25) is 0 Å². The van der Waals surface area contributed by atoms with E-state index in [1.807, 2.05) is 13.8 Å². The Morgan fingerprint density at radius 3 is 1.91 bits per heavy atom. The molecule has 0 amide bonds. The van der Waals surface area contributed by atoms with Gasteiger partial charge in [-0.05, 0) is 50.4 Å². The molecule has 0 aromatic heterocycles. The third-order valence-corrected chi connectivity index (χ3v) is 4.83. The molecule has 4 heteroatoms. The molecule has 2 saturated heterocycles. The molecular weight excluding hydrogens is 286 g/mol. The van der Waals surface area contributed by atoms with Crippen molar-refractivity contribution in [2.24, 2.45) is 23.7 Å². The fourth-order valence-electron chi connectivity index (χ4n) is 3.14. The van der Waals surface area contributed by atoms with Gasteiger partial charge in [0.25, 0.3) is 5.92 Å². The van der Waals surface area contributed by atoms with Gasteiger partial charge in [-0.25, -0.2) is 8.78 Å². The van der Waals surface area contributed by atoms with E-state index in [4.69, 9.17) is 9.47 Å². The van der Waals surface area contributed by atoms with E-state index in [0.29, 0.717) is 12.5 Å². The zero-order valence-electron chi connectivity index (χ0n) is 15.1. The van der Waals surface area contributed by atoms with Crippen molar-refractivity contribution in [2.45, 2.75) is 72.3 Å². The Kier molecular flexibility index (Phi) is 7.25. The standard InChI is InChI=1S/C10H20O.C8H14F2O/c1-8(2)9-5-6-11-10(3,4)7-9;1-6(2)7-3-8(9,10)5-11-4-7/h8-9H,5-7H2,1-4H3;6-7H,3-5H2,1-2H3. The van der Waals surface area contributed by atoms with E-state index in [1.54, 1.807) is 0 Å². The predicted molar refractivity (Wildman–Crippen MR) is 86.3 cm³/mol. The highest BCUT2D eigenvalue weighted by molar-refractivity contribution is 4.80. The minimum absolute atomic E-state index is 0.00926. The minimum atomic E-state index is -2.59. The average Bonchev–Trinajstić information content (AvgIpc) is 2.37. The van der Waals surface area contributed by atoms with Crippen molar-refractivity contribution in [2.75, 3.05) is 19.8 Å². The van der Waals surface area contributed by atoms with Crippen molar-refractivity contribution in [1.29, 1.82) is 0 Å². The third-order valence-electron chi connectivity index (χ3n) is 4.83. The molecule has 22 heavy (non-hydrogen) atoms. The van der Waals surface area contributed by atoms with Crippen LogP contribution in [0.3, 0.4) is 0 Å². The predicted octanol–water partition coefficient (Wildman–Crippen LogP) is 5.16. The maximum absolute atomic E-state index is 12.7. The lowest BCUT2D eigenvalue weighted by atomic mass is 9.81. The number of halogens is 2. The first-order valence-corrected chi connectivity index (χ1v) is 8.62. The quantitative estimate of drug-likeness (QED) is 0.699. The molecule has 132 valence electrons. The van der Waals surface area contributed by atoms with E-state index in [1.165, 1.54) is 12.8 Å². The third kappa shape index (κ3) is 6.91. The fraction of sp³-hybridized carbons (Fsp3) is 1.00. The molecule has 2 atom stereocenters. The maximum Gasteiger partial charge on any atom is 0.271 e. The second-order valence-electron chi connectivity index (χ2n) is 8.18. The first-order valence-electron chi connectivity index (χ1n) is 8.62. The summed E-state index contributed by atoms with van der Waals surface area (Å²) in [4.78, 5) is 0. The van der Waals surface area contributed by atoms with Crippen molar-refractivity contribution in [1.82, 2.24) is 0 Å². The van der Waals surface area contributed by atoms with Crippen LogP contribution in [-0.4, -0.2) is 31.3 Å². The number of hydrogen-bond acceptors (Lipinski definition) is 2. The fourth-order valence-corrected chi connectivity index (χ4v) is 3.14. The summed E-state index contributed by atoms with van der Waals surface area (Å²) in [5, 5.41) is 0. The minimum Gasteiger partial charge on any atom is -0.376 e. The maximum atomic E-state index is 12.7. The Hall–Kier alpha value is -0.220. The van der Waals surface area contributed by atoms with Crippen LogP contribution in [0, 0.1) is 23.7 Å². The highest BCUT2D eigenvalue weighted by atomic mass is 19.3. The van der Waals surface area contributed by atoms with Gasteiger partial charge >= 0.3 is 0 Å². The zero-order valence-corrected chi connectivity index (χ0v) is 15.1. The van der Waals surface area contributed by atoms with Crippen molar-refractivity contribution < 1.29 is 18.3 Å². The Bertz CT molecular complexity index is 295. The van der Waals surface area contributed by atoms with Crippen molar-refractivity contribution in [3.8, 4) is 0 Å². The molecule has 2 aliphatic rings. The van der Waals surface area contributed by atoms with Gasteiger partial charge in [0.1, 0.15) is 6.61 Å². The molecule has 0 bridgehead atoms. The van der Waals surface area contributed by atoms with Gasteiger partial charge in [-0.15, -0.1) is 0 Å². The van der Waals surface area contributed by atoms with Crippen LogP contribution >= 0.6 is 0 Å². The van der Waals surface area contributed by atoms with Gasteiger partial charge in [0.05, 0.1) is 12.2 Å². The SMILES string of the molecule is CC(C)C1CCOC(C)(C)C1.CC(C)C1COCC(F)(F)C1. The average molecular weight is 320 g/mol. The van der Waals surface area contributed by atoms with E-state index < -0.39 is 12.5 Å². The number of ether oxygens (including phenoxy) is 2. The van der Waals surface area contributed by atoms with Gasteiger partial charge in [0.15, 0.2) is 0 Å². The molecule has 0 aliphatic carbocycles. The van der Waals surface area contributed by atoms with Crippen LogP contribution in [0.1, 0.15) is 60.8 Å². The summed E-state index contributed by atoms with van der Waals surface area (Å²) in [5.41, 5.74) is 0.132. The summed E-state index contributed by atoms with van der Waals surface area (Å²) < 4.78 is 35.8. The summed E-state index contributed by atoms with van der Waals surface area (Å²) in [6.07, 6.45) is 2.47. The molecule has 0 aromatic carbocycles.